The summed E-state index contributed by atoms with van der Waals surface area (Å²) in [5.74, 6) is 0.281. The van der Waals surface area contributed by atoms with Gasteiger partial charge in [-0.15, -0.1) is 0 Å². The zero-order chi connectivity index (χ0) is 24.4. The highest BCUT2D eigenvalue weighted by Crippen LogP contribution is 2.35. The highest BCUT2D eigenvalue weighted by atomic mass is 32.2. The minimum absolute atomic E-state index is 0.136. The molecule has 0 radical (unpaired) electrons. The summed E-state index contributed by atoms with van der Waals surface area (Å²) in [7, 11) is -3.34. The monoisotopic (exact) mass is 493 g/mol. The Balaban J connectivity index is 1.32. The number of hydrogen-bond acceptors (Lipinski definition) is 7. The van der Waals surface area contributed by atoms with E-state index >= 15 is 0 Å². The number of aromatic nitrogens is 3. The van der Waals surface area contributed by atoms with Crippen molar-refractivity contribution in [3.05, 3.63) is 66.2 Å². The van der Waals surface area contributed by atoms with Gasteiger partial charge in [0.1, 0.15) is 5.69 Å². The number of pyridine rings is 1. The molecule has 2 fully saturated rings. The maximum absolute atomic E-state index is 13.3. The number of anilines is 1. The van der Waals surface area contributed by atoms with Crippen LogP contribution in [0.5, 0.6) is 5.88 Å². The number of ether oxygens (including phenoxy) is 1. The number of rotatable bonds is 8. The predicted octanol–water partition coefficient (Wildman–Crippen LogP) is 3.82. The molecule has 1 aliphatic carbocycles. The standard InChI is InChI=1S/C25H27N5O4S/c1-2-34-24-16-26-15-22(28-24)18-8-11-21(27-14-18)25(31)30-12-4-7-23(30)17-5-3-6-19(13-17)29-35(32,33)20-9-10-20/h3,5-6,8,11,13-16,20,23,29H,2,4,7,9-10,12H2,1H3. The van der Waals surface area contributed by atoms with Crippen molar-refractivity contribution in [3.63, 3.8) is 0 Å². The van der Waals surface area contributed by atoms with Gasteiger partial charge < -0.3 is 9.64 Å². The Bertz CT molecular complexity index is 1330. The van der Waals surface area contributed by atoms with Crippen LogP contribution in [-0.4, -0.2) is 52.6 Å². The summed E-state index contributed by atoms with van der Waals surface area (Å²) < 4.78 is 32.8. The molecular weight excluding hydrogens is 466 g/mol. The number of nitrogens with one attached hydrogen (secondary N) is 1. The summed E-state index contributed by atoms with van der Waals surface area (Å²) in [5.41, 5.74) is 3.15. The molecule has 2 aliphatic rings. The fourth-order valence-electron chi connectivity index (χ4n) is 4.32. The van der Waals surface area contributed by atoms with E-state index in [1.54, 1.807) is 36.8 Å². The van der Waals surface area contributed by atoms with Gasteiger partial charge in [0, 0.05) is 24.0 Å². The third-order valence-corrected chi connectivity index (χ3v) is 8.06. The first-order chi connectivity index (χ1) is 16.9. The number of likely N-dealkylation sites (tertiary alicyclic amines) is 1. The first kappa shape index (κ1) is 23.2. The van der Waals surface area contributed by atoms with Crippen molar-refractivity contribution in [1.29, 1.82) is 0 Å². The summed E-state index contributed by atoms with van der Waals surface area (Å²) >= 11 is 0. The average Bonchev–Trinajstić information content (AvgIpc) is 3.62. The molecule has 1 N–H and O–H groups in total. The van der Waals surface area contributed by atoms with Gasteiger partial charge in [0.25, 0.3) is 5.91 Å². The van der Waals surface area contributed by atoms with Gasteiger partial charge in [0.15, 0.2) is 0 Å². The highest BCUT2D eigenvalue weighted by molar-refractivity contribution is 7.93. The average molecular weight is 494 g/mol. The lowest BCUT2D eigenvalue weighted by Crippen LogP contribution is -2.31. The molecule has 10 heteroatoms. The number of sulfonamides is 1. The molecule has 0 bridgehead atoms. The Kier molecular flexibility index (Phi) is 6.38. The van der Waals surface area contributed by atoms with Gasteiger partial charge in [0.2, 0.25) is 15.9 Å². The molecule has 5 rings (SSSR count). The Morgan fingerprint density at radius 1 is 1.14 bits per heavy atom. The van der Waals surface area contributed by atoms with Crippen LogP contribution in [0.3, 0.4) is 0 Å². The summed E-state index contributed by atoms with van der Waals surface area (Å²) in [5, 5.41) is -0.294. The Labute approximate surface area is 204 Å². The fourth-order valence-corrected chi connectivity index (χ4v) is 5.69. The lowest BCUT2D eigenvalue weighted by molar-refractivity contribution is 0.0729. The van der Waals surface area contributed by atoms with Crippen LogP contribution in [0, 0.1) is 0 Å². The second-order valence-corrected chi connectivity index (χ2v) is 10.7. The molecule has 1 aromatic carbocycles. The van der Waals surface area contributed by atoms with E-state index in [9.17, 15) is 13.2 Å². The zero-order valence-corrected chi connectivity index (χ0v) is 20.2. The van der Waals surface area contributed by atoms with E-state index in [-0.39, 0.29) is 17.2 Å². The fraction of sp³-hybridized carbons (Fsp3) is 0.360. The number of amides is 1. The number of carbonyl (C=O) groups is 1. The summed E-state index contributed by atoms with van der Waals surface area (Å²) in [6.45, 7) is 2.99. The molecule has 3 heterocycles. The van der Waals surface area contributed by atoms with Crippen LogP contribution in [0.2, 0.25) is 0 Å². The summed E-state index contributed by atoms with van der Waals surface area (Å²) in [4.78, 5) is 28.1. The van der Waals surface area contributed by atoms with Crippen molar-refractivity contribution < 1.29 is 17.9 Å². The van der Waals surface area contributed by atoms with Gasteiger partial charge in [-0.25, -0.2) is 13.4 Å². The summed E-state index contributed by atoms with van der Waals surface area (Å²) in [6.07, 6.45) is 7.88. The van der Waals surface area contributed by atoms with E-state index in [2.05, 4.69) is 19.7 Å². The molecule has 1 aliphatic heterocycles. The van der Waals surface area contributed by atoms with E-state index in [4.69, 9.17) is 4.74 Å². The molecule has 9 nitrogen and oxygen atoms in total. The molecule has 1 saturated carbocycles. The van der Waals surface area contributed by atoms with E-state index in [0.29, 0.717) is 48.9 Å². The Morgan fingerprint density at radius 2 is 2.00 bits per heavy atom. The van der Waals surface area contributed by atoms with E-state index in [0.717, 1.165) is 24.0 Å². The van der Waals surface area contributed by atoms with Gasteiger partial charge in [0.05, 0.1) is 36.0 Å². The van der Waals surface area contributed by atoms with Crippen molar-refractivity contribution >= 4 is 21.6 Å². The van der Waals surface area contributed by atoms with Crippen molar-refractivity contribution in [2.45, 2.75) is 43.9 Å². The number of benzene rings is 1. The Morgan fingerprint density at radius 3 is 2.74 bits per heavy atom. The van der Waals surface area contributed by atoms with Gasteiger partial charge in [-0.1, -0.05) is 12.1 Å². The van der Waals surface area contributed by atoms with Crippen LogP contribution >= 0.6 is 0 Å². The molecule has 182 valence electrons. The first-order valence-electron chi connectivity index (χ1n) is 11.8. The largest absolute Gasteiger partial charge is 0.477 e. The lowest BCUT2D eigenvalue weighted by Gasteiger charge is -2.25. The number of nitrogens with zero attached hydrogens (tertiary/aromatic N) is 4. The summed E-state index contributed by atoms with van der Waals surface area (Å²) in [6, 6.07) is 10.7. The van der Waals surface area contributed by atoms with E-state index < -0.39 is 10.0 Å². The lowest BCUT2D eigenvalue weighted by atomic mass is 10.0. The van der Waals surface area contributed by atoms with Crippen molar-refractivity contribution in [3.8, 4) is 17.1 Å². The second kappa shape index (κ2) is 9.61. The molecule has 1 amide bonds. The van der Waals surface area contributed by atoms with Crippen LogP contribution in [0.4, 0.5) is 5.69 Å². The van der Waals surface area contributed by atoms with Gasteiger partial charge in [-0.3, -0.25) is 19.5 Å². The quantitative estimate of drug-likeness (QED) is 0.507. The van der Waals surface area contributed by atoms with Gasteiger partial charge in [-0.05, 0) is 62.4 Å². The van der Waals surface area contributed by atoms with Gasteiger partial charge in [-0.2, -0.15) is 0 Å². The van der Waals surface area contributed by atoms with E-state index in [1.807, 2.05) is 30.0 Å². The van der Waals surface area contributed by atoms with Crippen LogP contribution in [-0.2, 0) is 10.0 Å². The van der Waals surface area contributed by atoms with Crippen LogP contribution in [0.25, 0.3) is 11.3 Å². The van der Waals surface area contributed by atoms with Crippen molar-refractivity contribution in [1.82, 2.24) is 19.9 Å². The SMILES string of the molecule is CCOc1cncc(-c2ccc(C(=O)N3CCCC3c3cccc(NS(=O)(=O)C4CC4)c3)nc2)n1. The van der Waals surface area contributed by atoms with E-state index in [1.165, 1.54) is 0 Å². The first-order valence-corrected chi connectivity index (χ1v) is 13.3. The zero-order valence-electron chi connectivity index (χ0n) is 19.4. The van der Waals surface area contributed by atoms with Crippen LogP contribution in [0.1, 0.15) is 54.7 Å². The number of carbonyl (C=O) groups excluding carboxylic acids is 1. The van der Waals surface area contributed by atoms with Gasteiger partial charge >= 0.3 is 0 Å². The third-order valence-electron chi connectivity index (χ3n) is 6.19. The predicted molar refractivity (Wildman–Crippen MR) is 131 cm³/mol. The third kappa shape index (κ3) is 5.12. The van der Waals surface area contributed by atoms with Crippen molar-refractivity contribution in [2.24, 2.45) is 0 Å². The number of hydrogen-bond donors (Lipinski definition) is 1. The normalized spacial score (nSPS) is 17.9. The Hall–Kier alpha value is -3.53. The van der Waals surface area contributed by atoms with Crippen LogP contribution in [0.15, 0.2) is 55.0 Å². The van der Waals surface area contributed by atoms with Crippen molar-refractivity contribution in [2.75, 3.05) is 17.9 Å². The smallest absolute Gasteiger partial charge is 0.272 e. The topological polar surface area (TPSA) is 114 Å². The van der Waals surface area contributed by atoms with Crippen LogP contribution < -0.4 is 9.46 Å². The maximum Gasteiger partial charge on any atom is 0.272 e. The molecule has 1 unspecified atom stereocenters. The maximum atomic E-state index is 13.3. The molecular formula is C25H27N5O4S. The molecule has 3 aromatic rings. The molecule has 1 saturated heterocycles. The molecule has 1 atom stereocenters. The minimum atomic E-state index is -3.34. The minimum Gasteiger partial charge on any atom is -0.477 e. The molecule has 0 spiro atoms. The molecule has 35 heavy (non-hydrogen) atoms. The highest BCUT2D eigenvalue weighted by Gasteiger charge is 2.36. The molecule has 2 aromatic heterocycles. The second-order valence-electron chi connectivity index (χ2n) is 8.74.